The second-order valence-electron chi connectivity index (χ2n) is 4.14. The van der Waals surface area contributed by atoms with Crippen LogP contribution in [-0.4, -0.2) is 23.8 Å². The van der Waals surface area contributed by atoms with Gasteiger partial charge >= 0.3 is 5.97 Å². The topological polar surface area (TPSA) is 49.7 Å². The zero-order valence-electron chi connectivity index (χ0n) is 9.99. The Morgan fingerprint density at radius 1 is 1.39 bits per heavy atom. The van der Waals surface area contributed by atoms with E-state index in [0.29, 0.717) is 0 Å². The molecule has 0 radical (unpaired) electrons. The average Bonchev–Trinajstić information content (AvgIpc) is 2.40. The van der Waals surface area contributed by atoms with Gasteiger partial charge in [0.15, 0.2) is 0 Å². The van der Waals surface area contributed by atoms with Crippen molar-refractivity contribution in [1.82, 2.24) is 0 Å². The van der Waals surface area contributed by atoms with E-state index >= 15 is 0 Å². The quantitative estimate of drug-likeness (QED) is 0.824. The predicted octanol–water partition coefficient (Wildman–Crippen LogP) is 2.90. The molecule has 1 aliphatic rings. The lowest BCUT2D eigenvalue weighted by atomic mass is 9.97. The fraction of sp³-hybridized carbons (Fsp3) is 0.200. The molecule has 1 N–H and O–H groups in total. The summed E-state index contributed by atoms with van der Waals surface area (Å²) in [5.74, 6) is -0.553. The van der Waals surface area contributed by atoms with Gasteiger partial charge in [0.2, 0.25) is 0 Å². The molecule has 0 bridgehead atoms. The highest BCUT2D eigenvalue weighted by Crippen LogP contribution is 2.18. The number of dihydropyridines is 1. The maximum Gasteiger partial charge on any atom is 0.307 e. The highest BCUT2D eigenvalue weighted by molar-refractivity contribution is 5.72. The summed E-state index contributed by atoms with van der Waals surface area (Å²) in [4.78, 5) is 14.6. The number of aliphatic imine (C=N–C) groups is 1. The molecule has 0 aliphatic carbocycles. The second-order valence-corrected chi connectivity index (χ2v) is 4.14. The minimum Gasteiger partial charge on any atom is -0.481 e. The van der Waals surface area contributed by atoms with Gasteiger partial charge in [-0.25, -0.2) is 0 Å². The van der Waals surface area contributed by atoms with Crippen molar-refractivity contribution in [2.45, 2.75) is 12.3 Å². The van der Waals surface area contributed by atoms with Crippen LogP contribution in [0, 0.1) is 0 Å². The third kappa shape index (κ3) is 3.42. The van der Waals surface area contributed by atoms with Crippen LogP contribution >= 0.6 is 0 Å². The molecule has 0 aromatic heterocycles. The highest BCUT2D eigenvalue weighted by atomic mass is 16.4. The smallest absolute Gasteiger partial charge is 0.307 e. The van der Waals surface area contributed by atoms with Gasteiger partial charge in [-0.15, -0.1) is 0 Å². The van der Waals surface area contributed by atoms with Gasteiger partial charge in [0.1, 0.15) is 0 Å². The minimum absolute atomic E-state index is 0.0553. The first-order chi connectivity index (χ1) is 8.75. The Morgan fingerprint density at radius 3 is 2.78 bits per heavy atom. The molecule has 1 heterocycles. The van der Waals surface area contributed by atoms with Crippen LogP contribution in [0.1, 0.15) is 23.5 Å². The van der Waals surface area contributed by atoms with Crippen LogP contribution < -0.4 is 0 Å². The number of rotatable bonds is 4. The fourth-order valence-corrected chi connectivity index (χ4v) is 1.81. The first kappa shape index (κ1) is 12.3. The molecule has 0 spiro atoms. The molecule has 3 nitrogen and oxygen atoms in total. The number of benzene rings is 1. The molecule has 3 heteroatoms. The number of carbonyl (C=O) groups is 1. The van der Waals surface area contributed by atoms with Gasteiger partial charge in [-0.3, -0.25) is 9.79 Å². The molecule has 1 atom stereocenters. The number of carboxylic acids is 1. The van der Waals surface area contributed by atoms with E-state index in [9.17, 15) is 4.79 Å². The van der Waals surface area contributed by atoms with Crippen molar-refractivity contribution in [3.05, 3.63) is 53.6 Å². The summed E-state index contributed by atoms with van der Waals surface area (Å²) in [6.45, 7) is 0.770. The van der Waals surface area contributed by atoms with Crippen molar-refractivity contribution in [2.24, 2.45) is 4.99 Å². The summed E-state index contributed by atoms with van der Waals surface area (Å²) in [7, 11) is 0. The summed E-state index contributed by atoms with van der Waals surface area (Å²) in [6, 6.07) is 8.08. The third-order valence-corrected chi connectivity index (χ3v) is 2.74. The largest absolute Gasteiger partial charge is 0.481 e. The zero-order chi connectivity index (χ0) is 12.8. The van der Waals surface area contributed by atoms with Crippen LogP contribution in [0.4, 0.5) is 0 Å². The van der Waals surface area contributed by atoms with Crippen LogP contribution in [0.2, 0.25) is 0 Å². The first-order valence-electron chi connectivity index (χ1n) is 5.90. The van der Waals surface area contributed by atoms with E-state index in [1.807, 2.05) is 36.6 Å². The zero-order valence-corrected chi connectivity index (χ0v) is 9.99. The summed E-state index contributed by atoms with van der Waals surface area (Å²) in [6.07, 6.45) is 9.69. The number of aliphatic carboxylic acids is 1. The van der Waals surface area contributed by atoms with Crippen LogP contribution in [-0.2, 0) is 4.79 Å². The molecule has 1 aliphatic heterocycles. The molecule has 18 heavy (non-hydrogen) atoms. The monoisotopic (exact) mass is 241 g/mol. The maximum absolute atomic E-state index is 10.4. The van der Waals surface area contributed by atoms with Crippen molar-refractivity contribution in [2.75, 3.05) is 6.54 Å². The molecule has 0 saturated carbocycles. The molecule has 92 valence electrons. The van der Waals surface area contributed by atoms with Crippen molar-refractivity contribution in [1.29, 1.82) is 0 Å². The maximum atomic E-state index is 10.4. The lowest BCUT2D eigenvalue weighted by Crippen LogP contribution is -2.01. The minimum atomic E-state index is -0.813. The molecular weight excluding hydrogens is 226 g/mol. The van der Waals surface area contributed by atoms with Crippen LogP contribution in [0.3, 0.4) is 0 Å². The van der Waals surface area contributed by atoms with Crippen LogP contribution in [0.5, 0.6) is 0 Å². The number of allylic oxidation sites excluding steroid dienone is 1. The summed E-state index contributed by atoms with van der Waals surface area (Å²) < 4.78 is 0. The SMILES string of the molecule is O=C(O)CC=Cc1ccc(C2C=CCN=C2)cc1. The second kappa shape index (κ2) is 5.96. The van der Waals surface area contributed by atoms with Crippen LogP contribution in [0.15, 0.2) is 47.5 Å². The van der Waals surface area contributed by atoms with Gasteiger partial charge in [-0.05, 0) is 11.1 Å². The molecule has 1 aromatic rings. The summed E-state index contributed by atoms with van der Waals surface area (Å²) in [5.41, 5.74) is 2.21. The number of hydrogen-bond acceptors (Lipinski definition) is 2. The van der Waals surface area contributed by atoms with E-state index in [2.05, 4.69) is 17.1 Å². The summed E-state index contributed by atoms with van der Waals surface area (Å²) in [5, 5.41) is 8.53. The Balaban J connectivity index is 2.03. The highest BCUT2D eigenvalue weighted by Gasteiger charge is 2.06. The number of hydrogen-bond donors (Lipinski definition) is 1. The predicted molar refractivity (Wildman–Crippen MR) is 73.0 cm³/mol. The summed E-state index contributed by atoms with van der Waals surface area (Å²) >= 11 is 0. The fourth-order valence-electron chi connectivity index (χ4n) is 1.81. The Kier molecular flexibility index (Phi) is 4.07. The van der Waals surface area contributed by atoms with Gasteiger partial charge in [-0.2, -0.15) is 0 Å². The van der Waals surface area contributed by atoms with Crippen LogP contribution in [0.25, 0.3) is 6.08 Å². The van der Waals surface area contributed by atoms with E-state index in [0.717, 1.165) is 12.1 Å². The van der Waals surface area contributed by atoms with E-state index in [-0.39, 0.29) is 12.3 Å². The standard InChI is InChI=1S/C15H15NO2/c17-15(18)5-1-3-12-6-8-13(9-7-12)14-4-2-10-16-11-14/h1-4,6-9,11,14H,5,10H2,(H,17,18). The van der Waals surface area contributed by atoms with Crippen molar-refractivity contribution in [3.63, 3.8) is 0 Å². The van der Waals surface area contributed by atoms with Crippen molar-refractivity contribution >= 4 is 18.3 Å². The molecule has 0 amide bonds. The van der Waals surface area contributed by atoms with E-state index < -0.39 is 5.97 Å². The van der Waals surface area contributed by atoms with E-state index in [1.54, 1.807) is 6.08 Å². The number of nitrogens with zero attached hydrogens (tertiary/aromatic N) is 1. The molecule has 1 unspecified atom stereocenters. The lowest BCUT2D eigenvalue weighted by Gasteiger charge is -2.10. The van der Waals surface area contributed by atoms with Crippen molar-refractivity contribution in [3.8, 4) is 0 Å². The average molecular weight is 241 g/mol. The Bertz CT molecular complexity index is 486. The molecule has 0 fully saturated rings. The molecule has 2 rings (SSSR count). The van der Waals surface area contributed by atoms with Gasteiger partial charge in [0.25, 0.3) is 0 Å². The molecule has 1 aromatic carbocycles. The van der Waals surface area contributed by atoms with Crippen molar-refractivity contribution < 1.29 is 9.90 Å². The van der Waals surface area contributed by atoms with Gasteiger partial charge in [-0.1, -0.05) is 48.6 Å². The molecular formula is C15H15NO2. The normalized spacial score (nSPS) is 18.3. The first-order valence-corrected chi connectivity index (χ1v) is 5.90. The third-order valence-electron chi connectivity index (χ3n) is 2.74. The van der Waals surface area contributed by atoms with Gasteiger partial charge in [0, 0.05) is 12.1 Å². The Labute approximate surface area is 106 Å². The van der Waals surface area contributed by atoms with E-state index in [1.165, 1.54) is 5.56 Å². The Morgan fingerprint density at radius 2 is 2.17 bits per heavy atom. The van der Waals surface area contributed by atoms with Gasteiger partial charge < -0.3 is 5.11 Å². The lowest BCUT2D eigenvalue weighted by molar-refractivity contribution is -0.135. The molecule has 0 saturated heterocycles. The Hall–Kier alpha value is -2.16. The number of carboxylic acid groups (broad SMARTS) is 1. The van der Waals surface area contributed by atoms with E-state index in [4.69, 9.17) is 5.11 Å². The van der Waals surface area contributed by atoms with Gasteiger partial charge in [0.05, 0.1) is 13.0 Å².